The summed E-state index contributed by atoms with van der Waals surface area (Å²) in [5, 5.41) is 9.54. The Balaban J connectivity index is 3.01. The van der Waals surface area contributed by atoms with Crippen molar-refractivity contribution in [2.24, 2.45) is 0 Å². The van der Waals surface area contributed by atoms with Gasteiger partial charge in [-0.3, -0.25) is 0 Å². The number of benzene rings is 1. The lowest BCUT2D eigenvalue weighted by atomic mass is 10.2. The Morgan fingerprint density at radius 2 is 2.00 bits per heavy atom. The minimum atomic E-state index is -0.0617. The molecule has 0 aliphatic carbocycles. The zero-order valence-electron chi connectivity index (χ0n) is 9.62. The molecule has 1 aromatic carbocycles. The number of hydrogen-bond acceptors (Lipinski definition) is 3. The second-order valence-electron chi connectivity index (χ2n) is 3.34. The van der Waals surface area contributed by atoms with Crippen molar-refractivity contribution in [2.75, 3.05) is 13.2 Å². The Hall–Kier alpha value is -0.930. The van der Waals surface area contributed by atoms with E-state index >= 15 is 0 Å². The van der Waals surface area contributed by atoms with Crippen molar-refractivity contribution in [3.05, 3.63) is 22.7 Å². The van der Waals surface area contributed by atoms with Crippen molar-refractivity contribution < 1.29 is 14.6 Å². The molecule has 1 aromatic rings. The van der Waals surface area contributed by atoms with Gasteiger partial charge in [-0.1, -0.05) is 18.5 Å². The first-order valence-electron chi connectivity index (χ1n) is 5.41. The summed E-state index contributed by atoms with van der Waals surface area (Å²) in [6.45, 7) is 4.99. The monoisotopic (exact) mass is 244 g/mol. The van der Waals surface area contributed by atoms with Crippen LogP contribution in [-0.4, -0.2) is 18.3 Å². The maximum atomic E-state index is 9.07. The van der Waals surface area contributed by atoms with Crippen LogP contribution in [0, 0.1) is 0 Å². The van der Waals surface area contributed by atoms with Crippen LogP contribution in [0.15, 0.2) is 12.1 Å². The van der Waals surface area contributed by atoms with Crippen molar-refractivity contribution in [2.45, 2.75) is 26.9 Å². The molecule has 90 valence electrons. The van der Waals surface area contributed by atoms with Gasteiger partial charge in [-0.15, -0.1) is 0 Å². The average Bonchev–Trinajstić information content (AvgIpc) is 2.28. The zero-order chi connectivity index (χ0) is 12.0. The third-order valence-corrected chi connectivity index (χ3v) is 2.28. The maximum absolute atomic E-state index is 9.07. The molecular weight excluding hydrogens is 228 g/mol. The van der Waals surface area contributed by atoms with Crippen molar-refractivity contribution >= 4 is 11.6 Å². The molecule has 0 bridgehead atoms. The number of aliphatic hydroxyl groups is 1. The largest absolute Gasteiger partial charge is 0.490 e. The molecule has 0 aliphatic rings. The van der Waals surface area contributed by atoms with Gasteiger partial charge in [0.25, 0.3) is 0 Å². The van der Waals surface area contributed by atoms with Gasteiger partial charge in [0.05, 0.1) is 24.8 Å². The van der Waals surface area contributed by atoms with E-state index in [1.54, 1.807) is 12.1 Å². The van der Waals surface area contributed by atoms with Gasteiger partial charge in [-0.25, -0.2) is 0 Å². The quantitative estimate of drug-likeness (QED) is 0.836. The highest BCUT2D eigenvalue weighted by atomic mass is 35.5. The first-order valence-corrected chi connectivity index (χ1v) is 5.79. The molecule has 0 saturated heterocycles. The molecular formula is C12H17ClO3. The first-order chi connectivity index (χ1) is 7.72. The molecule has 16 heavy (non-hydrogen) atoms. The van der Waals surface area contributed by atoms with E-state index in [2.05, 4.69) is 0 Å². The molecule has 0 radical (unpaired) electrons. The van der Waals surface area contributed by atoms with Crippen LogP contribution in [-0.2, 0) is 6.61 Å². The van der Waals surface area contributed by atoms with Gasteiger partial charge < -0.3 is 14.6 Å². The van der Waals surface area contributed by atoms with Gasteiger partial charge in [0.2, 0.25) is 0 Å². The number of rotatable bonds is 6. The molecule has 0 unspecified atom stereocenters. The smallest absolute Gasteiger partial charge is 0.179 e. The first kappa shape index (κ1) is 13.1. The fourth-order valence-corrected chi connectivity index (χ4v) is 1.61. The van der Waals surface area contributed by atoms with Crippen molar-refractivity contribution in [3.63, 3.8) is 0 Å². The molecule has 0 amide bonds. The van der Waals surface area contributed by atoms with Crippen LogP contribution in [0.2, 0.25) is 5.02 Å². The standard InChI is InChI=1S/C12H17ClO3/c1-3-5-16-12-10(13)6-9(8-14)7-11(12)15-4-2/h6-7,14H,3-5,8H2,1-2H3. The van der Waals surface area contributed by atoms with E-state index in [1.165, 1.54) is 0 Å². The number of hydrogen-bond donors (Lipinski definition) is 1. The van der Waals surface area contributed by atoms with Crippen LogP contribution in [0.3, 0.4) is 0 Å². The van der Waals surface area contributed by atoms with Crippen LogP contribution in [0.25, 0.3) is 0 Å². The Morgan fingerprint density at radius 1 is 1.25 bits per heavy atom. The normalized spacial score (nSPS) is 10.2. The van der Waals surface area contributed by atoms with Crippen LogP contribution in [0.5, 0.6) is 11.5 Å². The fraction of sp³-hybridized carbons (Fsp3) is 0.500. The van der Waals surface area contributed by atoms with Crippen LogP contribution in [0.4, 0.5) is 0 Å². The summed E-state index contributed by atoms with van der Waals surface area (Å²) in [5.74, 6) is 1.15. The highest BCUT2D eigenvalue weighted by Crippen LogP contribution is 2.36. The second-order valence-corrected chi connectivity index (χ2v) is 3.75. The highest BCUT2D eigenvalue weighted by Gasteiger charge is 2.11. The Labute approximate surface area is 101 Å². The highest BCUT2D eigenvalue weighted by molar-refractivity contribution is 6.32. The van der Waals surface area contributed by atoms with Crippen molar-refractivity contribution in [1.29, 1.82) is 0 Å². The zero-order valence-corrected chi connectivity index (χ0v) is 10.4. The predicted molar refractivity (Wildman–Crippen MR) is 64.3 cm³/mol. The van der Waals surface area contributed by atoms with Crippen LogP contribution in [0.1, 0.15) is 25.8 Å². The summed E-state index contributed by atoms with van der Waals surface area (Å²) < 4.78 is 11.0. The predicted octanol–water partition coefficient (Wildman–Crippen LogP) is 3.02. The molecule has 0 spiro atoms. The summed E-state index contributed by atoms with van der Waals surface area (Å²) in [6.07, 6.45) is 0.906. The van der Waals surface area contributed by atoms with E-state index in [4.69, 9.17) is 26.2 Å². The summed E-state index contributed by atoms with van der Waals surface area (Å²) in [4.78, 5) is 0. The van der Waals surface area contributed by atoms with E-state index in [1.807, 2.05) is 13.8 Å². The minimum Gasteiger partial charge on any atom is -0.490 e. The summed E-state index contributed by atoms with van der Waals surface area (Å²) in [6, 6.07) is 3.44. The van der Waals surface area contributed by atoms with Crippen LogP contribution < -0.4 is 9.47 Å². The van der Waals surface area contributed by atoms with E-state index in [-0.39, 0.29) is 6.61 Å². The average molecular weight is 245 g/mol. The maximum Gasteiger partial charge on any atom is 0.179 e. The van der Waals surface area contributed by atoms with Crippen LogP contribution >= 0.6 is 11.6 Å². The number of aliphatic hydroxyl groups excluding tert-OH is 1. The van der Waals surface area contributed by atoms with Crippen molar-refractivity contribution in [1.82, 2.24) is 0 Å². The molecule has 0 aromatic heterocycles. The Bertz CT molecular complexity index is 339. The molecule has 0 fully saturated rings. The lowest BCUT2D eigenvalue weighted by molar-refractivity contribution is 0.269. The van der Waals surface area contributed by atoms with E-state index in [9.17, 15) is 0 Å². The minimum absolute atomic E-state index is 0.0617. The number of ether oxygens (including phenoxy) is 2. The van der Waals surface area contributed by atoms with Gasteiger partial charge >= 0.3 is 0 Å². The fourth-order valence-electron chi connectivity index (χ4n) is 1.32. The second kappa shape index (κ2) is 6.61. The lowest BCUT2D eigenvalue weighted by Gasteiger charge is -2.14. The molecule has 0 aliphatic heterocycles. The summed E-state index contributed by atoms with van der Waals surface area (Å²) in [5.41, 5.74) is 0.720. The Morgan fingerprint density at radius 3 is 2.56 bits per heavy atom. The van der Waals surface area contributed by atoms with E-state index < -0.39 is 0 Å². The molecule has 1 rings (SSSR count). The van der Waals surface area contributed by atoms with Gasteiger partial charge in [0.1, 0.15) is 0 Å². The van der Waals surface area contributed by atoms with Crippen molar-refractivity contribution in [3.8, 4) is 11.5 Å². The van der Waals surface area contributed by atoms with Gasteiger partial charge in [-0.05, 0) is 31.0 Å². The van der Waals surface area contributed by atoms with Gasteiger partial charge in [-0.2, -0.15) is 0 Å². The number of halogens is 1. The summed E-state index contributed by atoms with van der Waals surface area (Å²) in [7, 11) is 0. The lowest BCUT2D eigenvalue weighted by Crippen LogP contribution is -2.01. The molecule has 0 saturated carbocycles. The van der Waals surface area contributed by atoms with Gasteiger partial charge in [0, 0.05) is 0 Å². The summed E-state index contributed by atoms with van der Waals surface area (Å²) >= 11 is 6.07. The van der Waals surface area contributed by atoms with E-state index in [0.29, 0.717) is 29.7 Å². The topological polar surface area (TPSA) is 38.7 Å². The van der Waals surface area contributed by atoms with E-state index in [0.717, 1.165) is 12.0 Å². The molecule has 3 nitrogen and oxygen atoms in total. The third-order valence-electron chi connectivity index (χ3n) is 2.00. The third kappa shape index (κ3) is 3.29. The Kier molecular flexibility index (Phi) is 5.43. The molecule has 4 heteroatoms. The molecule has 1 N–H and O–H groups in total. The SMILES string of the molecule is CCCOc1c(Cl)cc(CO)cc1OCC. The van der Waals surface area contributed by atoms with Gasteiger partial charge in [0.15, 0.2) is 11.5 Å². The molecule has 0 atom stereocenters. The molecule has 0 heterocycles.